The van der Waals surface area contributed by atoms with Crippen LogP contribution in [0, 0.1) is 56.2 Å². The highest BCUT2D eigenvalue weighted by molar-refractivity contribution is 5.86. The molecule has 9 atom stereocenters. The van der Waals surface area contributed by atoms with Crippen LogP contribution >= 0.6 is 0 Å². The third-order valence-electron chi connectivity index (χ3n) is 13.7. The molecular weight excluding hydrogens is 448 g/mol. The smallest absolute Gasteiger partial charge is 0.312 e. The van der Waals surface area contributed by atoms with Crippen molar-refractivity contribution in [2.45, 2.75) is 126 Å². The Hall–Kier alpha value is -0.900. The average molecular weight is 501 g/mol. The first kappa shape index (κ1) is 26.7. The van der Waals surface area contributed by atoms with Gasteiger partial charge in [-0.25, -0.2) is 0 Å². The molecule has 4 nitrogen and oxygen atoms in total. The van der Waals surface area contributed by atoms with Crippen LogP contribution in [0.1, 0.15) is 120 Å². The van der Waals surface area contributed by atoms with Crippen molar-refractivity contribution in [3.8, 4) is 0 Å². The molecule has 5 aliphatic rings. The molecule has 36 heavy (non-hydrogen) atoms. The lowest BCUT2D eigenvalue weighted by Crippen LogP contribution is -2.69. The zero-order valence-corrected chi connectivity index (χ0v) is 24.3. The van der Waals surface area contributed by atoms with E-state index in [1.54, 1.807) is 0 Å². The third-order valence-corrected chi connectivity index (χ3v) is 13.7. The van der Waals surface area contributed by atoms with E-state index in [0.717, 1.165) is 57.8 Å². The summed E-state index contributed by atoms with van der Waals surface area (Å²) in [6, 6.07) is 0. The summed E-state index contributed by atoms with van der Waals surface area (Å²) in [5, 5.41) is 10.9. The van der Waals surface area contributed by atoms with Crippen molar-refractivity contribution in [2.75, 3.05) is 6.61 Å². The number of ketones is 1. The Morgan fingerprint density at radius 2 is 1.56 bits per heavy atom. The van der Waals surface area contributed by atoms with Crippen LogP contribution in [-0.4, -0.2) is 29.6 Å². The Bertz CT molecular complexity index is 936. The number of ether oxygens (including phenoxy) is 1. The maximum atomic E-state index is 14.5. The van der Waals surface area contributed by atoms with Gasteiger partial charge in [0.05, 0.1) is 18.1 Å². The monoisotopic (exact) mass is 500 g/mol. The first-order valence-corrected chi connectivity index (χ1v) is 15.0. The summed E-state index contributed by atoms with van der Waals surface area (Å²) in [6.07, 6.45) is 9.12. The predicted molar refractivity (Wildman–Crippen MR) is 142 cm³/mol. The number of Topliss-reactive ketones (excluding diaryl/α,β-unsaturated/α-hetero) is 1. The molecular formula is C32H52O4. The Morgan fingerprint density at radius 1 is 0.889 bits per heavy atom. The fraction of sp³-hybridized carbons (Fsp3) is 0.938. The molecule has 0 heterocycles. The number of carbonyl (C=O) groups excluding carboxylic acids is 2. The van der Waals surface area contributed by atoms with E-state index >= 15 is 0 Å². The van der Waals surface area contributed by atoms with Crippen molar-refractivity contribution in [3.05, 3.63) is 0 Å². The molecule has 0 spiro atoms. The first-order chi connectivity index (χ1) is 16.6. The van der Waals surface area contributed by atoms with Crippen LogP contribution in [-0.2, 0) is 14.3 Å². The summed E-state index contributed by atoms with van der Waals surface area (Å²) in [4.78, 5) is 28.1. The lowest BCUT2D eigenvalue weighted by atomic mass is 9.31. The van der Waals surface area contributed by atoms with E-state index < -0.39 is 5.41 Å². The van der Waals surface area contributed by atoms with Gasteiger partial charge < -0.3 is 9.84 Å². The molecule has 0 aliphatic heterocycles. The Morgan fingerprint density at radius 3 is 2.22 bits per heavy atom. The molecule has 0 aromatic rings. The highest BCUT2D eigenvalue weighted by Gasteiger charge is 2.73. The quantitative estimate of drug-likeness (QED) is 0.416. The van der Waals surface area contributed by atoms with Crippen molar-refractivity contribution in [2.24, 2.45) is 56.2 Å². The van der Waals surface area contributed by atoms with E-state index in [1.807, 2.05) is 6.92 Å². The zero-order valence-electron chi connectivity index (χ0n) is 24.3. The molecule has 4 heteroatoms. The summed E-state index contributed by atoms with van der Waals surface area (Å²) in [6.45, 7) is 18.9. The fourth-order valence-corrected chi connectivity index (χ4v) is 11.3. The maximum absolute atomic E-state index is 14.5. The molecule has 204 valence electrons. The highest BCUT2D eigenvalue weighted by atomic mass is 16.5. The molecule has 5 fully saturated rings. The van der Waals surface area contributed by atoms with Crippen molar-refractivity contribution in [3.63, 3.8) is 0 Å². The van der Waals surface area contributed by atoms with E-state index in [1.165, 1.54) is 0 Å². The Balaban J connectivity index is 1.58. The average Bonchev–Trinajstić information content (AvgIpc) is 2.78. The molecule has 5 aliphatic carbocycles. The lowest BCUT2D eigenvalue weighted by molar-refractivity contribution is -0.246. The normalized spacial score (nSPS) is 51.2. The molecule has 0 amide bonds. The zero-order chi connectivity index (χ0) is 26.5. The van der Waals surface area contributed by atoms with Gasteiger partial charge in [-0.05, 0) is 110 Å². The number of hydrogen-bond acceptors (Lipinski definition) is 4. The molecule has 0 aromatic carbocycles. The van der Waals surface area contributed by atoms with Crippen molar-refractivity contribution in [1.82, 2.24) is 0 Å². The molecule has 0 bridgehead atoms. The Labute approximate surface area is 219 Å². The molecule has 5 rings (SSSR count). The minimum Gasteiger partial charge on any atom is -0.466 e. The van der Waals surface area contributed by atoms with Crippen molar-refractivity contribution >= 4 is 11.8 Å². The highest BCUT2D eigenvalue weighted by Crippen LogP contribution is 2.76. The second kappa shape index (κ2) is 8.06. The van der Waals surface area contributed by atoms with Gasteiger partial charge in [-0.15, -0.1) is 0 Å². The number of esters is 1. The van der Waals surface area contributed by atoms with Crippen LogP contribution in [0.25, 0.3) is 0 Å². The van der Waals surface area contributed by atoms with E-state index in [0.29, 0.717) is 30.6 Å². The van der Waals surface area contributed by atoms with Gasteiger partial charge in [-0.2, -0.15) is 0 Å². The largest absolute Gasteiger partial charge is 0.466 e. The minimum absolute atomic E-state index is 0.0358. The number of aliphatic hydroxyl groups is 1. The lowest BCUT2D eigenvalue weighted by Gasteiger charge is -2.72. The number of rotatable bonds is 2. The standard InChI is InChI=1S/C32H52O4/c1-9-36-26(35)32-16-14-27(2,3)19-20(32)25-21(33)18-23-29(6)12-11-24(34)28(4,5)22(29)10-13-30(23,7)31(25,8)15-17-32/h20,22-25,34H,9-19H2,1-8H3/t20-,22-,23+,24-,25?,29-,30+,31+,32-/m0/s1. The molecule has 0 saturated heterocycles. The van der Waals surface area contributed by atoms with Crippen LogP contribution in [0.3, 0.4) is 0 Å². The van der Waals surface area contributed by atoms with Crippen LogP contribution in [0.2, 0.25) is 0 Å². The van der Waals surface area contributed by atoms with Crippen LogP contribution in [0.15, 0.2) is 0 Å². The fourth-order valence-electron chi connectivity index (χ4n) is 11.3. The molecule has 0 radical (unpaired) electrons. The van der Waals surface area contributed by atoms with Gasteiger partial charge in [0.1, 0.15) is 5.78 Å². The van der Waals surface area contributed by atoms with Crippen molar-refractivity contribution in [1.29, 1.82) is 0 Å². The van der Waals surface area contributed by atoms with Gasteiger partial charge >= 0.3 is 5.97 Å². The SMILES string of the molecule is CCOC(=O)[C@]12CCC(C)(C)C[C@H]1C1C(=O)C[C@@H]3[C@@]4(C)CC[C@H](O)C(C)(C)[C@@H]4CC[C@@]3(C)[C@]1(C)CC2. The number of hydrogen-bond donors (Lipinski definition) is 1. The summed E-state index contributed by atoms with van der Waals surface area (Å²) in [7, 11) is 0. The summed E-state index contributed by atoms with van der Waals surface area (Å²) < 4.78 is 5.74. The number of aliphatic hydroxyl groups excluding tert-OH is 1. The van der Waals surface area contributed by atoms with Gasteiger partial charge in [0, 0.05) is 12.3 Å². The second-order valence-corrected chi connectivity index (χ2v) is 15.9. The summed E-state index contributed by atoms with van der Waals surface area (Å²) in [5.41, 5.74) is -0.432. The van der Waals surface area contributed by atoms with E-state index in [4.69, 9.17) is 4.74 Å². The van der Waals surface area contributed by atoms with Crippen molar-refractivity contribution < 1.29 is 19.4 Å². The maximum Gasteiger partial charge on any atom is 0.312 e. The molecule has 1 unspecified atom stereocenters. The summed E-state index contributed by atoms with van der Waals surface area (Å²) >= 11 is 0. The van der Waals surface area contributed by atoms with E-state index in [2.05, 4.69) is 48.5 Å². The molecule has 0 aromatic heterocycles. The van der Waals surface area contributed by atoms with E-state index in [9.17, 15) is 14.7 Å². The van der Waals surface area contributed by atoms with Gasteiger partial charge in [0.15, 0.2) is 0 Å². The Kier molecular flexibility index (Phi) is 5.97. The van der Waals surface area contributed by atoms with Crippen LogP contribution < -0.4 is 0 Å². The number of fused-ring (bicyclic) bond motifs is 7. The van der Waals surface area contributed by atoms with E-state index in [-0.39, 0.29) is 51.0 Å². The third kappa shape index (κ3) is 3.27. The van der Waals surface area contributed by atoms with Crippen LogP contribution in [0.4, 0.5) is 0 Å². The first-order valence-electron chi connectivity index (χ1n) is 15.0. The topological polar surface area (TPSA) is 63.6 Å². The molecule has 5 saturated carbocycles. The van der Waals surface area contributed by atoms with Crippen LogP contribution in [0.5, 0.6) is 0 Å². The minimum atomic E-state index is -0.493. The molecule has 1 N–H and O–H groups in total. The second-order valence-electron chi connectivity index (χ2n) is 15.9. The van der Waals surface area contributed by atoms with Gasteiger partial charge in [0.2, 0.25) is 0 Å². The summed E-state index contributed by atoms with van der Waals surface area (Å²) in [5.74, 6) is 1.19. The van der Waals surface area contributed by atoms with Gasteiger partial charge in [-0.1, -0.05) is 48.5 Å². The number of carbonyl (C=O) groups is 2. The van der Waals surface area contributed by atoms with Gasteiger partial charge in [-0.3, -0.25) is 9.59 Å². The van der Waals surface area contributed by atoms with Gasteiger partial charge in [0.25, 0.3) is 0 Å². The predicted octanol–water partition coefficient (Wildman–Crippen LogP) is 6.97.